The van der Waals surface area contributed by atoms with Crippen molar-refractivity contribution in [3.8, 4) is 0 Å². The molecule has 0 aromatic rings. The van der Waals surface area contributed by atoms with Crippen LogP contribution in [0.15, 0.2) is 48.6 Å². The maximum Gasteiger partial charge on any atom is 0.306 e. The van der Waals surface area contributed by atoms with Crippen LogP contribution in [0, 0.1) is 0 Å². The van der Waals surface area contributed by atoms with Gasteiger partial charge in [-0.1, -0.05) is 204 Å². The molecular formula is C53H94O12S. The molecule has 1 rings (SSSR count). The van der Waals surface area contributed by atoms with Crippen molar-refractivity contribution in [2.45, 2.75) is 256 Å². The summed E-state index contributed by atoms with van der Waals surface area (Å²) in [6, 6.07) is 0. The summed E-state index contributed by atoms with van der Waals surface area (Å²) >= 11 is 0. The van der Waals surface area contributed by atoms with E-state index in [1.807, 2.05) is 0 Å². The average Bonchev–Trinajstić information content (AvgIpc) is 3.28. The molecule has 1 heterocycles. The number of carbonyl (C=O) groups is 2. The fourth-order valence-electron chi connectivity index (χ4n) is 7.85. The lowest BCUT2D eigenvalue weighted by molar-refractivity contribution is -0.297. The normalized spacial score (nSPS) is 19.8. The molecule has 4 N–H and O–H groups in total. The minimum absolute atomic E-state index is 0.127. The number of allylic oxidation sites excluding steroid dienone is 8. The number of aliphatic hydroxyl groups excluding tert-OH is 3. The molecule has 0 amide bonds. The average molecular weight is 955 g/mol. The van der Waals surface area contributed by atoms with Gasteiger partial charge in [-0.3, -0.25) is 14.1 Å². The molecular weight excluding hydrogens is 861 g/mol. The Bertz CT molecular complexity index is 1400. The predicted octanol–water partition coefficient (Wildman–Crippen LogP) is 11.9. The zero-order valence-electron chi connectivity index (χ0n) is 41.3. The molecule has 0 radical (unpaired) electrons. The van der Waals surface area contributed by atoms with Crippen LogP contribution in [0.4, 0.5) is 0 Å². The number of rotatable bonds is 44. The molecule has 1 aliphatic heterocycles. The molecule has 2 unspecified atom stereocenters. The van der Waals surface area contributed by atoms with Gasteiger partial charge >= 0.3 is 11.9 Å². The van der Waals surface area contributed by atoms with Gasteiger partial charge in [-0.2, -0.15) is 8.42 Å². The maximum atomic E-state index is 12.9. The van der Waals surface area contributed by atoms with Crippen molar-refractivity contribution < 1.29 is 56.8 Å². The molecule has 6 atom stereocenters. The molecule has 12 nitrogen and oxygen atoms in total. The van der Waals surface area contributed by atoms with E-state index in [2.05, 4.69) is 62.5 Å². The zero-order chi connectivity index (χ0) is 48.4. The van der Waals surface area contributed by atoms with Crippen molar-refractivity contribution in [3.05, 3.63) is 48.6 Å². The standard InChI is InChI=1S/C53H94O12S/c1-3-5-7-9-11-13-15-17-19-21-22-23-24-26-27-29-31-33-35-37-39-41-48(54)62-43-46(44-63-53-52(58)51(57)50(56)47(65-53)45-66(59,60)61)64-49(55)42-40-38-36-34-32-30-28-25-20-18-16-14-12-10-8-6-4-2/h8,10,14,16,20,25,30,32,46-47,50-53,56-58H,3-7,9,11-13,15,17-19,21-24,26-29,31,33-45H2,1-2H3,(H,59,60,61)/b10-8+,16-14+,25-20+,32-30+/t46-,47-,50-,51?,52?,53+/m1/s1. The van der Waals surface area contributed by atoms with E-state index in [4.69, 9.17) is 18.9 Å². The summed E-state index contributed by atoms with van der Waals surface area (Å²) in [5.41, 5.74) is 0. The molecule has 384 valence electrons. The van der Waals surface area contributed by atoms with E-state index in [0.29, 0.717) is 12.8 Å². The maximum absolute atomic E-state index is 12.9. The summed E-state index contributed by atoms with van der Waals surface area (Å²) in [5.74, 6) is -2.02. The molecule has 13 heteroatoms. The molecule has 1 aliphatic rings. The van der Waals surface area contributed by atoms with Gasteiger partial charge in [0.2, 0.25) is 0 Å². The highest BCUT2D eigenvalue weighted by Gasteiger charge is 2.46. The van der Waals surface area contributed by atoms with Gasteiger partial charge in [-0.15, -0.1) is 0 Å². The van der Waals surface area contributed by atoms with E-state index in [-0.39, 0.29) is 19.4 Å². The Hall–Kier alpha value is -2.39. The smallest absolute Gasteiger partial charge is 0.306 e. The van der Waals surface area contributed by atoms with Crippen molar-refractivity contribution in [1.29, 1.82) is 0 Å². The van der Waals surface area contributed by atoms with Gasteiger partial charge in [0.25, 0.3) is 10.1 Å². The third-order valence-electron chi connectivity index (χ3n) is 11.9. The first kappa shape index (κ1) is 61.6. The lowest BCUT2D eigenvalue weighted by Gasteiger charge is -2.40. The van der Waals surface area contributed by atoms with Gasteiger partial charge < -0.3 is 34.3 Å². The molecule has 0 saturated carbocycles. The molecule has 1 saturated heterocycles. The number of carbonyl (C=O) groups excluding carboxylic acids is 2. The van der Waals surface area contributed by atoms with Gasteiger partial charge in [0.15, 0.2) is 12.4 Å². The summed E-state index contributed by atoms with van der Waals surface area (Å²) in [7, 11) is -4.61. The Balaban J connectivity index is 2.37. The zero-order valence-corrected chi connectivity index (χ0v) is 42.1. The van der Waals surface area contributed by atoms with E-state index < -0.39 is 71.2 Å². The highest BCUT2D eigenvalue weighted by atomic mass is 32.2. The van der Waals surface area contributed by atoms with Crippen LogP contribution in [-0.2, 0) is 38.7 Å². The van der Waals surface area contributed by atoms with Gasteiger partial charge in [-0.25, -0.2) is 0 Å². The second kappa shape index (κ2) is 42.7. The van der Waals surface area contributed by atoms with E-state index in [0.717, 1.165) is 64.2 Å². The summed E-state index contributed by atoms with van der Waals surface area (Å²) < 4.78 is 54.2. The third kappa shape index (κ3) is 36.6. The fourth-order valence-corrected chi connectivity index (χ4v) is 8.54. The molecule has 0 aliphatic carbocycles. The van der Waals surface area contributed by atoms with Crippen LogP contribution in [-0.4, -0.2) is 96.0 Å². The second-order valence-electron chi connectivity index (χ2n) is 18.2. The number of unbranched alkanes of at least 4 members (excludes halogenated alkanes) is 24. The van der Waals surface area contributed by atoms with Crippen molar-refractivity contribution in [2.75, 3.05) is 19.0 Å². The number of esters is 2. The SMILES string of the molecule is CCC/C=C/C/C=C/C/C=C/C/C=C/CCCCCC(=O)O[C@H](COC(=O)CCCCCCCCCCCCCCCCCCCCCCC)CO[C@H]1O[C@H](CS(=O)(=O)O)[C@@H](O)C(O)C1O. The van der Waals surface area contributed by atoms with Crippen molar-refractivity contribution >= 4 is 22.1 Å². The van der Waals surface area contributed by atoms with Crippen molar-refractivity contribution in [3.63, 3.8) is 0 Å². The lowest BCUT2D eigenvalue weighted by atomic mass is 10.00. The number of hydrogen-bond acceptors (Lipinski definition) is 11. The van der Waals surface area contributed by atoms with Crippen LogP contribution in [0.1, 0.15) is 219 Å². The fraction of sp³-hybridized carbons (Fsp3) is 0.811. The summed E-state index contributed by atoms with van der Waals surface area (Å²) in [6.07, 6.45) is 43.0. The van der Waals surface area contributed by atoms with Crippen LogP contribution in [0.25, 0.3) is 0 Å². The van der Waals surface area contributed by atoms with E-state index in [9.17, 15) is 37.9 Å². The first-order valence-electron chi connectivity index (χ1n) is 26.2. The minimum Gasteiger partial charge on any atom is -0.462 e. The van der Waals surface area contributed by atoms with Crippen LogP contribution in [0.3, 0.4) is 0 Å². The van der Waals surface area contributed by atoms with Crippen LogP contribution < -0.4 is 0 Å². The molecule has 1 fully saturated rings. The van der Waals surface area contributed by atoms with Gasteiger partial charge in [0, 0.05) is 12.8 Å². The van der Waals surface area contributed by atoms with Crippen molar-refractivity contribution in [2.24, 2.45) is 0 Å². The van der Waals surface area contributed by atoms with E-state index in [1.165, 1.54) is 116 Å². The van der Waals surface area contributed by atoms with Crippen LogP contribution in [0.5, 0.6) is 0 Å². The van der Waals surface area contributed by atoms with Gasteiger partial charge in [0.1, 0.15) is 36.8 Å². The highest BCUT2D eigenvalue weighted by molar-refractivity contribution is 7.85. The predicted molar refractivity (Wildman–Crippen MR) is 266 cm³/mol. The highest BCUT2D eigenvalue weighted by Crippen LogP contribution is 2.24. The lowest BCUT2D eigenvalue weighted by Crippen LogP contribution is -2.60. The Morgan fingerprint density at radius 1 is 0.515 bits per heavy atom. The molecule has 0 spiro atoms. The van der Waals surface area contributed by atoms with Gasteiger partial charge in [0.05, 0.1) is 6.61 Å². The molecule has 0 bridgehead atoms. The summed E-state index contributed by atoms with van der Waals surface area (Å²) in [6.45, 7) is 3.70. The number of ether oxygens (including phenoxy) is 4. The molecule has 66 heavy (non-hydrogen) atoms. The molecule has 0 aromatic carbocycles. The van der Waals surface area contributed by atoms with E-state index in [1.54, 1.807) is 0 Å². The minimum atomic E-state index is -4.61. The Morgan fingerprint density at radius 3 is 1.41 bits per heavy atom. The quantitative estimate of drug-likeness (QED) is 0.0196. The number of aliphatic hydroxyl groups is 3. The largest absolute Gasteiger partial charge is 0.462 e. The van der Waals surface area contributed by atoms with Gasteiger partial charge in [-0.05, 0) is 51.4 Å². The van der Waals surface area contributed by atoms with Crippen LogP contribution in [0.2, 0.25) is 0 Å². The van der Waals surface area contributed by atoms with E-state index >= 15 is 0 Å². The third-order valence-corrected chi connectivity index (χ3v) is 12.6. The van der Waals surface area contributed by atoms with Crippen molar-refractivity contribution in [1.82, 2.24) is 0 Å². The Labute approximate surface area is 401 Å². The first-order chi connectivity index (χ1) is 32.0. The monoisotopic (exact) mass is 955 g/mol. The Kier molecular flexibility index (Phi) is 39.9. The summed E-state index contributed by atoms with van der Waals surface area (Å²) in [5, 5.41) is 31.0. The Morgan fingerprint density at radius 2 is 0.939 bits per heavy atom. The second-order valence-corrected chi connectivity index (χ2v) is 19.7. The number of hydrogen-bond donors (Lipinski definition) is 4. The molecule has 0 aromatic heterocycles. The topological polar surface area (TPSA) is 186 Å². The van der Waals surface area contributed by atoms with Crippen LogP contribution >= 0.6 is 0 Å². The summed E-state index contributed by atoms with van der Waals surface area (Å²) in [4.78, 5) is 25.5. The first-order valence-corrected chi connectivity index (χ1v) is 27.8.